The summed E-state index contributed by atoms with van der Waals surface area (Å²) in [5, 5.41) is 0. The molecule has 0 aromatic heterocycles. The minimum Gasteiger partial charge on any atom is -0.462 e. The number of hydrogen-bond donors (Lipinski definition) is 1. The highest BCUT2D eigenvalue weighted by Gasteiger charge is 2.27. The van der Waals surface area contributed by atoms with Gasteiger partial charge in [-0.3, -0.25) is 18.6 Å². The average Bonchev–Trinajstić information content (AvgIpc) is 3.42. The molecule has 0 amide bonds. The van der Waals surface area contributed by atoms with Gasteiger partial charge in [0.25, 0.3) is 0 Å². The van der Waals surface area contributed by atoms with Crippen molar-refractivity contribution in [1.82, 2.24) is 0 Å². The summed E-state index contributed by atoms with van der Waals surface area (Å²) in [5.41, 5.74) is 0. The second-order valence-electron chi connectivity index (χ2n) is 22.4. The van der Waals surface area contributed by atoms with E-state index in [0.29, 0.717) is 17.4 Å². The third-order valence-corrected chi connectivity index (χ3v) is 14.5. The molecule has 0 aliphatic heterocycles. The molecule has 0 aliphatic rings. The summed E-state index contributed by atoms with van der Waals surface area (Å²) < 4.78 is 34.7. The van der Waals surface area contributed by atoms with E-state index in [-0.39, 0.29) is 32.0 Å². The first-order valence-corrected chi connectivity index (χ1v) is 33.8. The van der Waals surface area contributed by atoms with Crippen LogP contribution in [0, 0.1) is 0 Å². The number of rotatable bonds is 58. The third kappa shape index (κ3) is 63.6. The topological polar surface area (TPSA) is 108 Å². The quantitative estimate of drug-likeness (QED) is 0.0211. The molecule has 10 heteroatoms. The van der Waals surface area contributed by atoms with E-state index < -0.39 is 26.5 Å². The number of carbonyl (C=O) groups is 2. The lowest BCUT2D eigenvalue weighted by Crippen LogP contribution is -2.37. The van der Waals surface area contributed by atoms with Crippen molar-refractivity contribution in [2.75, 3.05) is 47.5 Å². The first kappa shape index (κ1) is 76.4. The number of allylic oxidation sites excluding steroid dienone is 20. The highest BCUT2D eigenvalue weighted by atomic mass is 31.2. The molecule has 2 unspecified atom stereocenters. The Morgan fingerprint density at radius 1 is 0.388 bits per heavy atom. The van der Waals surface area contributed by atoms with Crippen molar-refractivity contribution in [1.29, 1.82) is 0 Å². The molecular weight excluding hydrogens is 1010 g/mol. The lowest BCUT2D eigenvalue weighted by molar-refractivity contribution is -0.870. The van der Waals surface area contributed by atoms with Gasteiger partial charge in [0.2, 0.25) is 0 Å². The molecule has 2 atom stereocenters. The van der Waals surface area contributed by atoms with Crippen LogP contribution in [-0.2, 0) is 32.7 Å². The van der Waals surface area contributed by atoms with E-state index in [1.165, 1.54) is 116 Å². The smallest absolute Gasteiger partial charge is 0.462 e. The molecule has 0 fully saturated rings. The van der Waals surface area contributed by atoms with E-state index in [4.69, 9.17) is 18.5 Å². The Labute approximate surface area is 492 Å². The van der Waals surface area contributed by atoms with E-state index in [2.05, 4.69) is 135 Å². The summed E-state index contributed by atoms with van der Waals surface area (Å²) in [7, 11) is 1.47. The van der Waals surface area contributed by atoms with Gasteiger partial charge in [0.05, 0.1) is 27.7 Å². The monoisotopic (exact) mass is 1130 g/mol. The minimum absolute atomic E-state index is 0.0260. The minimum atomic E-state index is -4.40. The Balaban J connectivity index is 4.11. The highest BCUT2D eigenvalue weighted by molar-refractivity contribution is 7.47. The normalized spacial score (nSPS) is 14.0. The lowest BCUT2D eigenvalue weighted by atomic mass is 10.0. The molecule has 0 saturated heterocycles. The summed E-state index contributed by atoms with van der Waals surface area (Å²) in [6, 6.07) is 0. The lowest BCUT2D eigenvalue weighted by Gasteiger charge is -2.24. The van der Waals surface area contributed by atoms with Crippen LogP contribution in [0.5, 0.6) is 0 Å². The van der Waals surface area contributed by atoms with Crippen molar-refractivity contribution in [3.8, 4) is 0 Å². The van der Waals surface area contributed by atoms with Crippen molar-refractivity contribution < 1.29 is 42.1 Å². The fourth-order valence-electron chi connectivity index (χ4n) is 8.60. The Morgan fingerprint density at radius 3 is 1.00 bits per heavy atom. The van der Waals surface area contributed by atoms with Gasteiger partial charge in [-0.05, 0) is 103 Å². The van der Waals surface area contributed by atoms with Gasteiger partial charge in [-0.15, -0.1) is 0 Å². The number of unbranched alkanes of at least 4 members (excludes halogenated alkanes) is 24. The maximum Gasteiger partial charge on any atom is 0.472 e. The van der Waals surface area contributed by atoms with Crippen molar-refractivity contribution in [2.45, 2.75) is 264 Å². The fraction of sp³-hybridized carbons (Fsp3) is 0.686. The number of esters is 2. The first-order valence-electron chi connectivity index (χ1n) is 32.3. The summed E-state index contributed by atoms with van der Waals surface area (Å²) in [6.45, 7) is 4.21. The van der Waals surface area contributed by atoms with Crippen LogP contribution in [0.25, 0.3) is 0 Å². The zero-order chi connectivity index (χ0) is 58.4. The van der Waals surface area contributed by atoms with Crippen LogP contribution < -0.4 is 0 Å². The standard InChI is InChI=1S/C70H120NO8P/c1-6-8-10-12-14-16-18-20-22-24-26-28-30-31-32-33-34-35-36-37-38-39-41-43-45-47-49-51-53-55-57-59-61-63-70(73)79-68(67-78-80(74,75)77-65-64-71(3,4)5)66-76-69(72)62-60-58-56-54-52-50-48-46-44-42-40-29-27-25-23-21-19-17-15-13-11-9-7-2/h8-11,14-17,20-23,26-29,31-32,34-35,68H,6-7,12-13,18-19,24-25,30,33,36-67H2,1-5H3/p+1/b10-8-,11-9-,16-14-,17-15-,22-20-,23-21-,28-26-,29-27-,32-31-,35-34-. The number of ether oxygens (including phenoxy) is 2. The molecule has 0 heterocycles. The SMILES string of the molecule is CC/C=C\C/C=C\C/C=C\C/C=C\C/C=C\C/C=C\CCCCCCCCCCCCCCCCC(=O)OC(COC(=O)CCCCCCCCCCCC/C=C\C/C=C\C/C=C\C/C=C\CC)COP(=O)(O)OCC[N+](C)(C)C. The van der Waals surface area contributed by atoms with Gasteiger partial charge in [0.1, 0.15) is 19.8 Å². The zero-order valence-electron chi connectivity index (χ0n) is 52.0. The Hall–Kier alpha value is -3.59. The number of carbonyl (C=O) groups excluding carboxylic acids is 2. The number of hydrogen-bond acceptors (Lipinski definition) is 7. The Bertz CT molecular complexity index is 1760. The largest absolute Gasteiger partial charge is 0.472 e. The van der Waals surface area contributed by atoms with Crippen LogP contribution in [0.4, 0.5) is 0 Å². The van der Waals surface area contributed by atoms with Gasteiger partial charge >= 0.3 is 19.8 Å². The Morgan fingerprint density at radius 2 is 0.675 bits per heavy atom. The molecule has 0 aromatic carbocycles. The number of quaternary nitrogens is 1. The molecule has 0 saturated carbocycles. The summed E-state index contributed by atoms with van der Waals surface area (Å²) in [4.78, 5) is 35.8. The van der Waals surface area contributed by atoms with Crippen molar-refractivity contribution in [2.24, 2.45) is 0 Å². The van der Waals surface area contributed by atoms with E-state index in [0.717, 1.165) is 109 Å². The molecule has 9 nitrogen and oxygen atoms in total. The van der Waals surface area contributed by atoms with E-state index in [9.17, 15) is 19.0 Å². The number of phosphoric acid groups is 1. The second kappa shape index (κ2) is 60.0. The van der Waals surface area contributed by atoms with E-state index in [1.807, 2.05) is 21.1 Å². The average molecular weight is 1140 g/mol. The summed E-state index contributed by atoms with van der Waals surface area (Å²) >= 11 is 0. The maximum atomic E-state index is 12.9. The molecular formula is C70H121NO8P+. The Kier molecular flexibility index (Phi) is 57.3. The van der Waals surface area contributed by atoms with Crippen LogP contribution in [0.3, 0.4) is 0 Å². The molecule has 0 radical (unpaired) electrons. The summed E-state index contributed by atoms with van der Waals surface area (Å²) in [6.07, 6.45) is 85.6. The van der Waals surface area contributed by atoms with Crippen LogP contribution in [0.2, 0.25) is 0 Å². The zero-order valence-corrected chi connectivity index (χ0v) is 52.9. The van der Waals surface area contributed by atoms with Crippen molar-refractivity contribution in [3.05, 3.63) is 122 Å². The molecule has 0 bridgehead atoms. The first-order chi connectivity index (χ1) is 39.0. The number of likely N-dealkylation sites (N-methyl/N-ethyl adjacent to an activating group) is 1. The van der Waals surface area contributed by atoms with Gasteiger partial charge in [-0.25, -0.2) is 4.57 Å². The van der Waals surface area contributed by atoms with Crippen LogP contribution in [0.1, 0.15) is 258 Å². The fourth-order valence-corrected chi connectivity index (χ4v) is 9.34. The predicted octanol–water partition coefficient (Wildman–Crippen LogP) is 20.7. The number of nitrogens with zero attached hydrogens (tertiary/aromatic N) is 1. The van der Waals surface area contributed by atoms with Crippen LogP contribution in [0.15, 0.2) is 122 Å². The molecule has 1 N–H and O–H groups in total. The predicted molar refractivity (Wildman–Crippen MR) is 344 cm³/mol. The van der Waals surface area contributed by atoms with Gasteiger partial charge in [-0.1, -0.05) is 264 Å². The van der Waals surface area contributed by atoms with Crippen LogP contribution in [-0.4, -0.2) is 74.9 Å². The van der Waals surface area contributed by atoms with Gasteiger partial charge < -0.3 is 18.9 Å². The molecule has 458 valence electrons. The second-order valence-corrected chi connectivity index (χ2v) is 23.8. The molecule has 0 spiro atoms. The van der Waals surface area contributed by atoms with Gasteiger partial charge in [0.15, 0.2) is 6.10 Å². The van der Waals surface area contributed by atoms with E-state index in [1.54, 1.807) is 0 Å². The maximum absolute atomic E-state index is 12.9. The summed E-state index contributed by atoms with van der Waals surface area (Å²) in [5.74, 6) is -0.804. The third-order valence-electron chi connectivity index (χ3n) is 13.5. The van der Waals surface area contributed by atoms with E-state index >= 15 is 0 Å². The van der Waals surface area contributed by atoms with Gasteiger partial charge in [-0.2, -0.15) is 0 Å². The highest BCUT2D eigenvalue weighted by Crippen LogP contribution is 2.43. The number of phosphoric ester groups is 1. The molecule has 0 aromatic rings. The molecule has 0 rings (SSSR count). The molecule has 80 heavy (non-hydrogen) atoms. The molecule has 0 aliphatic carbocycles. The van der Waals surface area contributed by atoms with Crippen molar-refractivity contribution >= 4 is 19.8 Å². The van der Waals surface area contributed by atoms with Crippen molar-refractivity contribution in [3.63, 3.8) is 0 Å². The van der Waals surface area contributed by atoms with Crippen LogP contribution >= 0.6 is 7.82 Å². The van der Waals surface area contributed by atoms with Gasteiger partial charge in [0, 0.05) is 12.8 Å².